The zero-order chi connectivity index (χ0) is 14.4. The van der Waals surface area contributed by atoms with Crippen LogP contribution in [0.1, 0.15) is 21.8 Å². The number of nitrogens with one attached hydrogen (secondary N) is 1. The first kappa shape index (κ1) is 14.6. The predicted molar refractivity (Wildman–Crippen MR) is 76.7 cm³/mol. The van der Waals surface area contributed by atoms with Crippen LogP contribution in [0.3, 0.4) is 0 Å². The quantitative estimate of drug-likeness (QED) is 0.796. The standard InChI is InChI=1S/C14H16N2O3S/c1-10-8-11(19-16-10)9-20-13-5-3-2-4-12(13)14(18)15-6-7-17/h2-5,8,17H,6-7,9H2,1H3,(H,15,18). The third-order valence-electron chi connectivity index (χ3n) is 2.58. The largest absolute Gasteiger partial charge is 0.395 e. The van der Waals surface area contributed by atoms with Crippen molar-refractivity contribution in [2.45, 2.75) is 17.6 Å². The summed E-state index contributed by atoms with van der Waals surface area (Å²) in [6.07, 6.45) is 0. The molecule has 0 unspecified atom stereocenters. The Morgan fingerprint density at radius 1 is 1.45 bits per heavy atom. The lowest BCUT2D eigenvalue weighted by molar-refractivity contribution is 0.0942. The number of aliphatic hydroxyl groups excluding tert-OH is 1. The van der Waals surface area contributed by atoms with E-state index in [-0.39, 0.29) is 19.1 Å². The monoisotopic (exact) mass is 292 g/mol. The normalized spacial score (nSPS) is 10.5. The van der Waals surface area contributed by atoms with Gasteiger partial charge >= 0.3 is 0 Å². The number of benzene rings is 1. The summed E-state index contributed by atoms with van der Waals surface area (Å²) in [4.78, 5) is 12.8. The summed E-state index contributed by atoms with van der Waals surface area (Å²) in [5.74, 6) is 1.21. The fourth-order valence-electron chi connectivity index (χ4n) is 1.68. The van der Waals surface area contributed by atoms with E-state index >= 15 is 0 Å². The van der Waals surface area contributed by atoms with Crippen LogP contribution in [-0.2, 0) is 5.75 Å². The van der Waals surface area contributed by atoms with Crippen LogP contribution < -0.4 is 5.32 Å². The maximum absolute atomic E-state index is 12.0. The van der Waals surface area contributed by atoms with Crippen molar-refractivity contribution in [2.75, 3.05) is 13.2 Å². The molecule has 0 saturated carbocycles. The molecule has 6 heteroatoms. The van der Waals surface area contributed by atoms with E-state index in [4.69, 9.17) is 9.63 Å². The summed E-state index contributed by atoms with van der Waals surface area (Å²) in [6.45, 7) is 2.05. The maximum atomic E-state index is 12.0. The minimum atomic E-state index is -0.184. The Bertz CT molecular complexity index is 583. The first-order chi connectivity index (χ1) is 9.70. The van der Waals surface area contributed by atoms with Gasteiger partial charge in [-0.05, 0) is 19.1 Å². The van der Waals surface area contributed by atoms with Crippen LogP contribution in [0, 0.1) is 6.92 Å². The molecule has 0 aliphatic rings. The molecule has 0 atom stereocenters. The third kappa shape index (κ3) is 3.85. The molecule has 2 rings (SSSR count). The third-order valence-corrected chi connectivity index (χ3v) is 3.67. The molecule has 106 valence electrons. The van der Waals surface area contributed by atoms with E-state index in [0.717, 1.165) is 16.3 Å². The van der Waals surface area contributed by atoms with Crippen LogP contribution in [0.2, 0.25) is 0 Å². The molecule has 5 nitrogen and oxygen atoms in total. The number of aliphatic hydroxyl groups is 1. The predicted octanol–water partition coefficient (Wildman–Crippen LogP) is 2.00. The maximum Gasteiger partial charge on any atom is 0.252 e. The number of carbonyl (C=O) groups excluding carboxylic acids is 1. The van der Waals surface area contributed by atoms with Crippen molar-refractivity contribution in [3.63, 3.8) is 0 Å². The molecule has 1 heterocycles. The second-order valence-corrected chi connectivity index (χ2v) is 5.22. The van der Waals surface area contributed by atoms with Crippen LogP contribution in [0.5, 0.6) is 0 Å². The first-order valence-electron chi connectivity index (χ1n) is 6.24. The van der Waals surface area contributed by atoms with Crippen molar-refractivity contribution in [1.29, 1.82) is 0 Å². The summed E-state index contributed by atoms with van der Waals surface area (Å²) in [5, 5.41) is 15.2. The Kier molecular flexibility index (Phi) is 5.20. The van der Waals surface area contributed by atoms with Gasteiger partial charge in [0.25, 0.3) is 5.91 Å². The highest BCUT2D eigenvalue weighted by Crippen LogP contribution is 2.26. The molecule has 20 heavy (non-hydrogen) atoms. The summed E-state index contributed by atoms with van der Waals surface area (Å²) in [7, 11) is 0. The molecule has 1 amide bonds. The van der Waals surface area contributed by atoms with E-state index < -0.39 is 0 Å². The number of aryl methyl sites for hydroxylation is 1. The van der Waals surface area contributed by atoms with Crippen molar-refractivity contribution in [1.82, 2.24) is 10.5 Å². The fraction of sp³-hybridized carbons (Fsp3) is 0.286. The second kappa shape index (κ2) is 7.12. The Morgan fingerprint density at radius 3 is 2.95 bits per heavy atom. The topological polar surface area (TPSA) is 75.4 Å². The number of aromatic nitrogens is 1. The highest BCUT2D eigenvalue weighted by molar-refractivity contribution is 7.98. The molecule has 2 N–H and O–H groups in total. The number of hydrogen-bond acceptors (Lipinski definition) is 5. The van der Waals surface area contributed by atoms with E-state index in [1.54, 1.807) is 6.07 Å². The van der Waals surface area contributed by atoms with Gasteiger partial charge in [-0.2, -0.15) is 0 Å². The Balaban J connectivity index is 2.05. The Labute approximate surface area is 121 Å². The van der Waals surface area contributed by atoms with Gasteiger partial charge in [0.1, 0.15) is 5.76 Å². The fourth-order valence-corrected chi connectivity index (χ4v) is 2.60. The summed E-state index contributed by atoms with van der Waals surface area (Å²) >= 11 is 1.52. The molecule has 0 bridgehead atoms. The zero-order valence-corrected chi connectivity index (χ0v) is 11.9. The van der Waals surface area contributed by atoms with E-state index in [0.29, 0.717) is 11.3 Å². The van der Waals surface area contributed by atoms with Crippen LogP contribution in [0.15, 0.2) is 39.8 Å². The average molecular weight is 292 g/mol. The van der Waals surface area contributed by atoms with Gasteiger partial charge in [0.2, 0.25) is 0 Å². The number of hydrogen-bond donors (Lipinski definition) is 2. The number of carbonyl (C=O) groups is 1. The molecule has 1 aromatic carbocycles. The summed E-state index contributed by atoms with van der Waals surface area (Å²) in [6, 6.07) is 9.23. The van der Waals surface area contributed by atoms with Gasteiger partial charge in [-0.3, -0.25) is 4.79 Å². The molecule has 0 aliphatic heterocycles. The molecule has 0 aliphatic carbocycles. The van der Waals surface area contributed by atoms with Crippen molar-refractivity contribution in [2.24, 2.45) is 0 Å². The number of rotatable bonds is 6. The van der Waals surface area contributed by atoms with Gasteiger partial charge in [0.05, 0.1) is 23.6 Å². The van der Waals surface area contributed by atoms with Crippen molar-refractivity contribution < 1.29 is 14.4 Å². The van der Waals surface area contributed by atoms with Crippen molar-refractivity contribution in [3.8, 4) is 0 Å². The smallest absolute Gasteiger partial charge is 0.252 e. The SMILES string of the molecule is Cc1cc(CSc2ccccc2C(=O)NCCO)on1. The number of nitrogens with zero attached hydrogens (tertiary/aromatic N) is 1. The molecule has 0 fully saturated rings. The van der Waals surface area contributed by atoms with Gasteiger partial charge in [-0.1, -0.05) is 17.3 Å². The Hall–Kier alpha value is -1.79. The van der Waals surface area contributed by atoms with E-state index in [1.807, 2.05) is 31.2 Å². The van der Waals surface area contributed by atoms with Gasteiger partial charge in [0.15, 0.2) is 0 Å². The van der Waals surface area contributed by atoms with Gasteiger partial charge < -0.3 is 14.9 Å². The summed E-state index contributed by atoms with van der Waals surface area (Å²) < 4.78 is 5.15. The minimum absolute atomic E-state index is 0.0710. The van der Waals surface area contributed by atoms with E-state index in [1.165, 1.54) is 11.8 Å². The molecule has 0 radical (unpaired) electrons. The lowest BCUT2D eigenvalue weighted by Gasteiger charge is -2.08. The molecule has 2 aromatic rings. The van der Waals surface area contributed by atoms with Crippen LogP contribution in [-0.4, -0.2) is 29.3 Å². The number of amides is 1. The molecule has 0 spiro atoms. The Morgan fingerprint density at radius 2 is 2.25 bits per heavy atom. The lowest BCUT2D eigenvalue weighted by Crippen LogP contribution is -2.26. The minimum Gasteiger partial charge on any atom is -0.395 e. The van der Waals surface area contributed by atoms with E-state index in [2.05, 4.69) is 10.5 Å². The van der Waals surface area contributed by atoms with Gasteiger partial charge in [0, 0.05) is 17.5 Å². The number of thioether (sulfide) groups is 1. The van der Waals surface area contributed by atoms with Crippen LogP contribution in [0.25, 0.3) is 0 Å². The van der Waals surface area contributed by atoms with Crippen LogP contribution >= 0.6 is 11.8 Å². The van der Waals surface area contributed by atoms with E-state index in [9.17, 15) is 4.79 Å². The zero-order valence-electron chi connectivity index (χ0n) is 11.1. The van der Waals surface area contributed by atoms with Gasteiger partial charge in [-0.25, -0.2) is 0 Å². The average Bonchev–Trinajstić information content (AvgIpc) is 2.88. The molecular weight excluding hydrogens is 276 g/mol. The highest BCUT2D eigenvalue weighted by atomic mass is 32.2. The molecule has 0 saturated heterocycles. The molecule has 1 aromatic heterocycles. The van der Waals surface area contributed by atoms with Crippen molar-refractivity contribution in [3.05, 3.63) is 47.3 Å². The van der Waals surface area contributed by atoms with Gasteiger partial charge in [-0.15, -0.1) is 11.8 Å². The highest BCUT2D eigenvalue weighted by Gasteiger charge is 2.11. The lowest BCUT2D eigenvalue weighted by atomic mass is 10.2. The summed E-state index contributed by atoms with van der Waals surface area (Å²) in [5.41, 5.74) is 1.44. The van der Waals surface area contributed by atoms with Crippen molar-refractivity contribution >= 4 is 17.7 Å². The van der Waals surface area contributed by atoms with Crippen LogP contribution in [0.4, 0.5) is 0 Å². The first-order valence-corrected chi connectivity index (χ1v) is 7.22. The second-order valence-electron chi connectivity index (χ2n) is 4.20. The molecular formula is C14H16N2O3S.